The van der Waals surface area contributed by atoms with Crippen molar-refractivity contribution in [3.05, 3.63) is 84.6 Å². The fourth-order valence-corrected chi connectivity index (χ4v) is 4.81. The molecule has 184 valence electrons. The Kier molecular flexibility index (Phi) is 7.52. The molecule has 4 aromatic rings. The summed E-state index contributed by atoms with van der Waals surface area (Å²) in [7, 11) is 0. The van der Waals surface area contributed by atoms with E-state index >= 15 is 0 Å². The monoisotopic (exact) mass is 480 g/mol. The van der Waals surface area contributed by atoms with Crippen molar-refractivity contribution in [1.82, 2.24) is 14.7 Å². The number of nitrogens with one attached hydrogen (secondary N) is 1. The van der Waals surface area contributed by atoms with Crippen LogP contribution in [0.15, 0.2) is 79.0 Å². The number of Topliss-reactive ketones (excluding diaryl/α,β-unsaturated/α-hetero) is 1. The molecule has 5 rings (SSSR count). The second-order valence-electron chi connectivity index (χ2n) is 9.45. The number of hydrogen-bond acceptors (Lipinski definition) is 4. The van der Waals surface area contributed by atoms with E-state index in [0.717, 1.165) is 53.9 Å². The van der Waals surface area contributed by atoms with Gasteiger partial charge in [0.1, 0.15) is 0 Å². The van der Waals surface area contributed by atoms with Crippen LogP contribution in [0.3, 0.4) is 0 Å². The van der Waals surface area contributed by atoms with Crippen molar-refractivity contribution in [2.75, 3.05) is 25.0 Å². The molecule has 0 aliphatic carbocycles. The van der Waals surface area contributed by atoms with Crippen LogP contribution in [0.2, 0.25) is 0 Å². The van der Waals surface area contributed by atoms with Gasteiger partial charge in [-0.2, -0.15) is 5.10 Å². The lowest BCUT2D eigenvalue weighted by Gasteiger charge is -2.26. The van der Waals surface area contributed by atoms with Crippen LogP contribution in [0.25, 0.3) is 22.0 Å². The van der Waals surface area contributed by atoms with Crippen LogP contribution in [-0.2, 0) is 11.3 Å². The van der Waals surface area contributed by atoms with E-state index in [9.17, 15) is 9.59 Å². The zero-order valence-electron chi connectivity index (χ0n) is 20.5. The summed E-state index contributed by atoms with van der Waals surface area (Å²) in [5, 5.41) is 8.60. The van der Waals surface area contributed by atoms with Gasteiger partial charge < -0.3 is 10.2 Å². The van der Waals surface area contributed by atoms with E-state index in [2.05, 4.69) is 10.2 Å². The van der Waals surface area contributed by atoms with E-state index in [1.54, 1.807) is 0 Å². The predicted molar refractivity (Wildman–Crippen MR) is 144 cm³/mol. The minimum absolute atomic E-state index is 0.0338. The first-order chi connectivity index (χ1) is 17.7. The highest BCUT2D eigenvalue weighted by Crippen LogP contribution is 2.23. The van der Waals surface area contributed by atoms with E-state index in [4.69, 9.17) is 5.10 Å². The molecule has 1 amide bonds. The molecule has 2 heterocycles. The predicted octanol–water partition coefficient (Wildman–Crippen LogP) is 5.79. The molecule has 0 atom stereocenters. The van der Waals surface area contributed by atoms with Gasteiger partial charge in [-0.3, -0.25) is 14.3 Å². The molecule has 1 aliphatic heterocycles. The van der Waals surface area contributed by atoms with Gasteiger partial charge in [0.15, 0.2) is 5.78 Å². The summed E-state index contributed by atoms with van der Waals surface area (Å²) >= 11 is 0. The molecule has 0 spiro atoms. The van der Waals surface area contributed by atoms with Gasteiger partial charge in [-0.25, -0.2) is 0 Å². The number of nitrogens with zero attached hydrogens (tertiary/aromatic N) is 3. The minimum Gasteiger partial charge on any atom is -0.325 e. The van der Waals surface area contributed by atoms with Gasteiger partial charge in [-0.05, 0) is 49.2 Å². The molecule has 1 fully saturated rings. The highest BCUT2D eigenvalue weighted by Gasteiger charge is 2.14. The molecule has 0 unspecified atom stereocenters. The number of fused-ring (bicyclic) bond motifs is 1. The highest BCUT2D eigenvalue weighted by molar-refractivity contribution is 6.03. The van der Waals surface area contributed by atoms with E-state index in [-0.39, 0.29) is 24.5 Å². The van der Waals surface area contributed by atoms with Crippen LogP contribution >= 0.6 is 0 Å². The highest BCUT2D eigenvalue weighted by atomic mass is 16.2. The fourth-order valence-electron chi connectivity index (χ4n) is 4.81. The molecule has 0 radical (unpaired) electrons. The molecule has 1 N–H and O–H groups in total. The second-order valence-corrected chi connectivity index (χ2v) is 9.45. The summed E-state index contributed by atoms with van der Waals surface area (Å²) in [5.74, 6) is -0.202. The van der Waals surface area contributed by atoms with Crippen LogP contribution < -0.4 is 5.32 Å². The Bertz CT molecular complexity index is 1320. The molecule has 6 heteroatoms. The molecule has 1 saturated heterocycles. The van der Waals surface area contributed by atoms with E-state index in [0.29, 0.717) is 5.56 Å². The number of likely N-dealkylation sites (tertiary alicyclic amines) is 1. The summed E-state index contributed by atoms with van der Waals surface area (Å²) in [6, 6.07) is 23.4. The molecule has 3 aromatic carbocycles. The van der Waals surface area contributed by atoms with E-state index < -0.39 is 0 Å². The van der Waals surface area contributed by atoms with E-state index in [1.165, 1.54) is 19.3 Å². The molecular weight excluding hydrogens is 448 g/mol. The Morgan fingerprint density at radius 1 is 0.778 bits per heavy atom. The van der Waals surface area contributed by atoms with Crippen molar-refractivity contribution in [2.24, 2.45) is 0 Å². The molecular formula is C30H32N4O2. The number of anilines is 1. The third-order valence-electron chi connectivity index (χ3n) is 6.86. The van der Waals surface area contributed by atoms with Gasteiger partial charge in [-0.1, -0.05) is 67.1 Å². The van der Waals surface area contributed by atoms with Crippen molar-refractivity contribution < 1.29 is 9.59 Å². The zero-order valence-corrected chi connectivity index (χ0v) is 20.5. The van der Waals surface area contributed by atoms with Gasteiger partial charge in [0.25, 0.3) is 0 Å². The van der Waals surface area contributed by atoms with Crippen LogP contribution in [0.5, 0.6) is 0 Å². The van der Waals surface area contributed by atoms with Gasteiger partial charge in [0, 0.05) is 36.5 Å². The number of carbonyl (C=O) groups is 2. The van der Waals surface area contributed by atoms with Crippen molar-refractivity contribution in [3.8, 4) is 11.1 Å². The minimum atomic E-state index is -0.169. The zero-order chi connectivity index (χ0) is 24.7. The van der Waals surface area contributed by atoms with Crippen LogP contribution in [0, 0.1) is 0 Å². The van der Waals surface area contributed by atoms with Gasteiger partial charge in [0.2, 0.25) is 5.91 Å². The quantitative estimate of drug-likeness (QED) is 0.308. The molecule has 0 bridgehead atoms. The Labute approximate surface area is 211 Å². The number of aromatic nitrogens is 2. The SMILES string of the molecule is O=C(CCC(=O)c1ccc(-c2ccccc2)cc1)Nc1cccc2nn(CCN3CCCCC3)cc12. The molecule has 0 saturated carbocycles. The second kappa shape index (κ2) is 11.3. The number of amides is 1. The number of hydrogen-bond donors (Lipinski definition) is 1. The summed E-state index contributed by atoms with van der Waals surface area (Å²) < 4.78 is 1.97. The van der Waals surface area contributed by atoms with Crippen molar-refractivity contribution >= 4 is 28.3 Å². The Morgan fingerprint density at radius 2 is 1.53 bits per heavy atom. The Morgan fingerprint density at radius 3 is 2.31 bits per heavy atom. The van der Waals surface area contributed by atoms with Crippen LogP contribution in [0.1, 0.15) is 42.5 Å². The number of piperidine rings is 1. The third-order valence-corrected chi connectivity index (χ3v) is 6.86. The van der Waals surface area contributed by atoms with Crippen LogP contribution in [0.4, 0.5) is 5.69 Å². The van der Waals surface area contributed by atoms with Gasteiger partial charge in [0.05, 0.1) is 17.7 Å². The number of rotatable bonds is 9. The summed E-state index contributed by atoms with van der Waals surface area (Å²) in [6.45, 7) is 4.15. The van der Waals surface area contributed by atoms with Crippen molar-refractivity contribution in [3.63, 3.8) is 0 Å². The maximum atomic E-state index is 12.7. The summed E-state index contributed by atoms with van der Waals surface area (Å²) in [6.07, 6.45) is 6.20. The number of ketones is 1. The molecule has 6 nitrogen and oxygen atoms in total. The average molecular weight is 481 g/mol. The topological polar surface area (TPSA) is 67.2 Å². The summed E-state index contributed by atoms with van der Waals surface area (Å²) in [4.78, 5) is 27.8. The van der Waals surface area contributed by atoms with Crippen molar-refractivity contribution in [1.29, 1.82) is 0 Å². The number of carbonyl (C=O) groups excluding carboxylic acids is 2. The van der Waals surface area contributed by atoms with E-state index in [1.807, 2.05) is 83.7 Å². The smallest absolute Gasteiger partial charge is 0.224 e. The Balaban J connectivity index is 1.16. The molecule has 1 aromatic heterocycles. The largest absolute Gasteiger partial charge is 0.325 e. The number of benzene rings is 3. The summed E-state index contributed by atoms with van der Waals surface area (Å²) in [5.41, 5.74) is 4.40. The maximum absolute atomic E-state index is 12.7. The van der Waals surface area contributed by atoms with Gasteiger partial charge >= 0.3 is 0 Å². The third kappa shape index (κ3) is 5.89. The fraction of sp³-hybridized carbons (Fsp3) is 0.300. The first-order valence-corrected chi connectivity index (χ1v) is 12.8. The lowest BCUT2D eigenvalue weighted by molar-refractivity contribution is -0.116. The Hall–Kier alpha value is -3.77. The lowest BCUT2D eigenvalue weighted by atomic mass is 10.0. The molecule has 1 aliphatic rings. The first-order valence-electron chi connectivity index (χ1n) is 12.8. The van der Waals surface area contributed by atoms with Crippen molar-refractivity contribution in [2.45, 2.75) is 38.6 Å². The average Bonchev–Trinajstić information content (AvgIpc) is 3.36. The van der Waals surface area contributed by atoms with Gasteiger partial charge in [-0.15, -0.1) is 0 Å². The van der Waals surface area contributed by atoms with Crippen LogP contribution in [-0.4, -0.2) is 46.0 Å². The molecule has 36 heavy (non-hydrogen) atoms. The first kappa shape index (κ1) is 23.9. The lowest BCUT2D eigenvalue weighted by Crippen LogP contribution is -2.32. The normalized spacial score (nSPS) is 14.1. The maximum Gasteiger partial charge on any atom is 0.224 e. The standard InChI is InChI=1S/C30H32N4O2/c35-29(25-14-12-24(13-15-25)23-8-3-1-4-9-23)16-17-30(36)31-27-10-7-11-28-26(27)22-34(32-28)21-20-33-18-5-2-6-19-33/h1,3-4,7-15,22H,2,5-6,16-21H2,(H,31,36).